The molecular weight excluding hydrogens is 276 g/mol. The Hall–Kier alpha value is -1.26. The zero-order chi connectivity index (χ0) is 14.7. The summed E-state index contributed by atoms with van der Waals surface area (Å²) in [5, 5.41) is 9.62. The number of likely N-dealkylation sites (tertiary alicyclic amines) is 1. The number of carbonyl (C=O) groups excluding carboxylic acids is 1. The number of nitrogens with two attached hydrogens (primary N) is 1. The van der Waals surface area contributed by atoms with Crippen LogP contribution in [0.25, 0.3) is 0 Å². The molecule has 0 aliphatic carbocycles. The SMILES string of the molecule is CCC1CCN(C(=O)c2ccc(O)c(Cl)c2)C(CN)C1. The van der Waals surface area contributed by atoms with Crippen LogP contribution >= 0.6 is 11.6 Å². The molecule has 0 bridgehead atoms. The van der Waals surface area contributed by atoms with Crippen LogP contribution in [0.15, 0.2) is 18.2 Å². The van der Waals surface area contributed by atoms with E-state index in [-0.39, 0.29) is 22.7 Å². The first-order chi connectivity index (χ1) is 9.56. The van der Waals surface area contributed by atoms with E-state index >= 15 is 0 Å². The number of nitrogens with zero attached hydrogens (tertiary/aromatic N) is 1. The molecule has 1 heterocycles. The van der Waals surface area contributed by atoms with Gasteiger partial charge in [-0.25, -0.2) is 0 Å². The number of amides is 1. The Labute approximate surface area is 124 Å². The first-order valence-corrected chi connectivity index (χ1v) is 7.44. The van der Waals surface area contributed by atoms with E-state index in [2.05, 4.69) is 6.92 Å². The highest BCUT2D eigenvalue weighted by Crippen LogP contribution is 2.28. The van der Waals surface area contributed by atoms with Gasteiger partial charge in [0.05, 0.1) is 5.02 Å². The Balaban J connectivity index is 2.17. The van der Waals surface area contributed by atoms with E-state index in [0.717, 1.165) is 25.8 Å². The van der Waals surface area contributed by atoms with Crippen LogP contribution < -0.4 is 5.73 Å². The third-order valence-corrected chi connectivity index (χ3v) is 4.43. The van der Waals surface area contributed by atoms with Crippen LogP contribution in [0.3, 0.4) is 0 Å². The van der Waals surface area contributed by atoms with E-state index in [1.807, 2.05) is 4.90 Å². The Kier molecular flexibility index (Phi) is 4.89. The number of benzene rings is 1. The quantitative estimate of drug-likeness (QED) is 0.901. The highest BCUT2D eigenvalue weighted by atomic mass is 35.5. The van der Waals surface area contributed by atoms with Gasteiger partial charge in [0.1, 0.15) is 5.75 Å². The van der Waals surface area contributed by atoms with Crippen LogP contribution in [0.4, 0.5) is 0 Å². The van der Waals surface area contributed by atoms with Gasteiger partial charge in [0.2, 0.25) is 0 Å². The molecule has 110 valence electrons. The van der Waals surface area contributed by atoms with E-state index in [1.165, 1.54) is 12.1 Å². The molecule has 2 atom stereocenters. The van der Waals surface area contributed by atoms with Crippen molar-refractivity contribution in [3.63, 3.8) is 0 Å². The van der Waals surface area contributed by atoms with Gasteiger partial charge in [0.15, 0.2) is 0 Å². The molecule has 2 unspecified atom stereocenters. The molecule has 2 rings (SSSR count). The van der Waals surface area contributed by atoms with E-state index < -0.39 is 0 Å². The average Bonchev–Trinajstić information content (AvgIpc) is 2.48. The lowest BCUT2D eigenvalue weighted by atomic mass is 9.88. The minimum absolute atomic E-state index is 0.0108. The maximum Gasteiger partial charge on any atom is 0.254 e. The fourth-order valence-electron chi connectivity index (χ4n) is 2.80. The molecule has 5 heteroatoms. The highest BCUT2D eigenvalue weighted by Gasteiger charge is 2.30. The summed E-state index contributed by atoms with van der Waals surface area (Å²) in [5.74, 6) is 0.580. The Morgan fingerprint density at radius 1 is 1.55 bits per heavy atom. The van der Waals surface area contributed by atoms with Crippen molar-refractivity contribution < 1.29 is 9.90 Å². The van der Waals surface area contributed by atoms with Crippen molar-refractivity contribution >= 4 is 17.5 Å². The zero-order valence-electron chi connectivity index (χ0n) is 11.7. The fourth-order valence-corrected chi connectivity index (χ4v) is 2.98. The third kappa shape index (κ3) is 3.07. The molecule has 1 saturated heterocycles. The van der Waals surface area contributed by atoms with Crippen molar-refractivity contribution in [3.05, 3.63) is 28.8 Å². The van der Waals surface area contributed by atoms with Gasteiger partial charge in [-0.15, -0.1) is 0 Å². The summed E-state index contributed by atoms with van der Waals surface area (Å²) in [6.07, 6.45) is 3.11. The summed E-state index contributed by atoms with van der Waals surface area (Å²) < 4.78 is 0. The average molecular weight is 297 g/mol. The summed E-state index contributed by atoms with van der Waals surface area (Å²) >= 11 is 5.87. The number of carbonyl (C=O) groups is 1. The standard InChI is InChI=1S/C15H21ClN2O2/c1-2-10-5-6-18(12(7-10)9-17)15(20)11-3-4-14(19)13(16)8-11/h3-4,8,10,12,19H,2,5-7,9,17H2,1H3. The molecule has 0 radical (unpaired) electrons. The molecule has 0 aromatic heterocycles. The molecule has 1 aromatic carbocycles. The Morgan fingerprint density at radius 2 is 2.30 bits per heavy atom. The topological polar surface area (TPSA) is 66.6 Å². The van der Waals surface area contributed by atoms with Crippen molar-refractivity contribution in [2.75, 3.05) is 13.1 Å². The van der Waals surface area contributed by atoms with Gasteiger partial charge < -0.3 is 15.7 Å². The first-order valence-electron chi connectivity index (χ1n) is 7.06. The number of piperidine rings is 1. The smallest absolute Gasteiger partial charge is 0.254 e. The van der Waals surface area contributed by atoms with Gasteiger partial charge in [0, 0.05) is 24.7 Å². The van der Waals surface area contributed by atoms with Crippen LogP contribution in [-0.4, -0.2) is 35.0 Å². The third-order valence-electron chi connectivity index (χ3n) is 4.13. The number of aromatic hydroxyl groups is 1. The number of phenols is 1. The monoisotopic (exact) mass is 296 g/mol. The molecule has 0 saturated carbocycles. The lowest BCUT2D eigenvalue weighted by Crippen LogP contribution is -2.49. The lowest BCUT2D eigenvalue weighted by Gasteiger charge is -2.39. The van der Waals surface area contributed by atoms with Gasteiger partial charge in [-0.1, -0.05) is 24.9 Å². The highest BCUT2D eigenvalue weighted by molar-refractivity contribution is 6.32. The minimum atomic E-state index is -0.0584. The predicted octanol–water partition coefficient (Wildman–Crippen LogP) is 2.64. The van der Waals surface area contributed by atoms with Crippen LogP contribution in [0, 0.1) is 5.92 Å². The van der Waals surface area contributed by atoms with Crippen LogP contribution in [-0.2, 0) is 0 Å². The normalized spacial score (nSPS) is 22.9. The minimum Gasteiger partial charge on any atom is -0.506 e. The molecule has 1 aromatic rings. The van der Waals surface area contributed by atoms with Crippen molar-refractivity contribution in [2.45, 2.75) is 32.2 Å². The number of rotatable bonds is 3. The predicted molar refractivity (Wildman–Crippen MR) is 80.0 cm³/mol. The number of hydrogen-bond acceptors (Lipinski definition) is 3. The van der Waals surface area contributed by atoms with E-state index in [9.17, 15) is 9.90 Å². The molecule has 0 spiro atoms. The fraction of sp³-hybridized carbons (Fsp3) is 0.533. The largest absolute Gasteiger partial charge is 0.506 e. The van der Waals surface area contributed by atoms with E-state index in [0.29, 0.717) is 18.0 Å². The maximum atomic E-state index is 12.6. The summed E-state index contributed by atoms with van der Waals surface area (Å²) in [5.41, 5.74) is 6.32. The van der Waals surface area contributed by atoms with Crippen molar-refractivity contribution in [3.8, 4) is 5.75 Å². The van der Waals surface area contributed by atoms with Crippen molar-refractivity contribution in [1.29, 1.82) is 0 Å². The lowest BCUT2D eigenvalue weighted by molar-refractivity contribution is 0.0558. The molecule has 1 fully saturated rings. The summed E-state index contributed by atoms with van der Waals surface area (Å²) in [4.78, 5) is 14.4. The number of halogens is 1. The number of phenolic OH excluding ortho intramolecular Hbond substituents is 1. The summed E-state index contributed by atoms with van der Waals surface area (Å²) in [7, 11) is 0. The number of hydrogen-bond donors (Lipinski definition) is 2. The molecular formula is C15H21ClN2O2. The maximum absolute atomic E-state index is 12.6. The van der Waals surface area contributed by atoms with E-state index in [1.54, 1.807) is 6.07 Å². The van der Waals surface area contributed by atoms with E-state index in [4.69, 9.17) is 17.3 Å². The second kappa shape index (κ2) is 6.46. The molecule has 1 amide bonds. The van der Waals surface area contributed by atoms with Crippen molar-refractivity contribution in [1.82, 2.24) is 4.90 Å². The molecule has 1 aliphatic rings. The molecule has 4 nitrogen and oxygen atoms in total. The second-order valence-corrected chi connectivity index (χ2v) is 5.76. The summed E-state index contributed by atoms with van der Waals surface area (Å²) in [6, 6.07) is 4.65. The van der Waals surface area contributed by atoms with Crippen LogP contribution in [0.1, 0.15) is 36.5 Å². The Bertz CT molecular complexity index is 493. The molecule has 3 N–H and O–H groups in total. The van der Waals surface area contributed by atoms with Gasteiger partial charge in [-0.2, -0.15) is 0 Å². The van der Waals surface area contributed by atoms with Crippen LogP contribution in [0.5, 0.6) is 5.75 Å². The van der Waals surface area contributed by atoms with Crippen molar-refractivity contribution in [2.24, 2.45) is 11.7 Å². The Morgan fingerprint density at radius 3 is 2.90 bits per heavy atom. The zero-order valence-corrected chi connectivity index (χ0v) is 12.4. The molecule has 20 heavy (non-hydrogen) atoms. The van der Waals surface area contributed by atoms with Gasteiger partial charge in [-0.05, 0) is 37.0 Å². The van der Waals surface area contributed by atoms with Gasteiger partial charge >= 0.3 is 0 Å². The van der Waals surface area contributed by atoms with Crippen LogP contribution in [0.2, 0.25) is 5.02 Å². The first kappa shape index (κ1) is 15.1. The molecule has 1 aliphatic heterocycles. The van der Waals surface area contributed by atoms with Gasteiger partial charge in [-0.3, -0.25) is 4.79 Å². The van der Waals surface area contributed by atoms with Gasteiger partial charge in [0.25, 0.3) is 5.91 Å². The summed E-state index contributed by atoms with van der Waals surface area (Å²) in [6.45, 7) is 3.39. The second-order valence-electron chi connectivity index (χ2n) is 5.35.